The average Bonchev–Trinajstić information content (AvgIpc) is 2.14. The topological polar surface area (TPSA) is 79.2 Å². The van der Waals surface area contributed by atoms with Crippen LogP contribution in [0.5, 0.6) is 0 Å². The number of hydrogen-bond acceptors (Lipinski definition) is 4. The third-order valence-corrected chi connectivity index (χ3v) is 3.13. The standard InChI is InChI=1S/C8H16N2O3S/c1-3-8(4-5-9)10-14(11,12)7-6-13-2/h8,10H,3-4,6-7H2,1-2H3. The first-order valence-electron chi connectivity index (χ1n) is 4.41. The minimum Gasteiger partial charge on any atom is -0.384 e. The molecule has 14 heavy (non-hydrogen) atoms. The Labute approximate surface area is 85.1 Å². The van der Waals surface area contributed by atoms with E-state index in [1.165, 1.54) is 7.11 Å². The van der Waals surface area contributed by atoms with Crippen LogP contribution in [-0.4, -0.2) is 33.9 Å². The van der Waals surface area contributed by atoms with Gasteiger partial charge in [0.1, 0.15) is 0 Å². The van der Waals surface area contributed by atoms with E-state index in [0.717, 1.165) is 0 Å². The molecule has 0 rings (SSSR count). The van der Waals surface area contributed by atoms with Gasteiger partial charge in [-0.05, 0) is 6.42 Å². The number of hydrogen-bond donors (Lipinski definition) is 1. The lowest BCUT2D eigenvalue weighted by atomic mass is 10.2. The molecule has 1 atom stereocenters. The summed E-state index contributed by atoms with van der Waals surface area (Å²) in [6.07, 6.45) is 0.808. The molecule has 0 aliphatic heterocycles. The Morgan fingerprint density at radius 2 is 2.21 bits per heavy atom. The van der Waals surface area contributed by atoms with E-state index >= 15 is 0 Å². The second kappa shape index (κ2) is 6.76. The second-order valence-corrected chi connectivity index (χ2v) is 4.77. The zero-order chi connectivity index (χ0) is 11.0. The third-order valence-electron chi connectivity index (χ3n) is 1.73. The minimum atomic E-state index is -3.30. The van der Waals surface area contributed by atoms with Crippen molar-refractivity contribution in [3.8, 4) is 6.07 Å². The molecule has 1 N–H and O–H groups in total. The number of rotatable bonds is 7. The van der Waals surface area contributed by atoms with Crippen molar-refractivity contribution in [2.24, 2.45) is 0 Å². The molecule has 0 spiro atoms. The van der Waals surface area contributed by atoms with Crippen LogP contribution in [0.2, 0.25) is 0 Å². The van der Waals surface area contributed by atoms with Crippen molar-refractivity contribution in [1.29, 1.82) is 5.26 Å². The molecule has 0 aromatic rings. The van der Waals surface area contributed by atoms with Gasteiger partial charge < -0.3 is 4.74 Å². The Hall–Kier alpha value is -0.640. The van der Waals surface area contributed by atoms with Crippen molar-refractivity contribution in [2.75, 3.05) is 19.5 Å². The van der Waals surface area contributed by atoms with E-state index in [2.05, 4.69) is 9.46 Å². The molecule has 0 saturated heterocycles. The SMILES string of the molecule is CCC(CC#N)NS(=O)(=O)CCOC. The molecule has 82 valence electrons. The molecular formula is C8H16N2O3S. The Morgan fingerprint density at radius 3 is 2.64 bits per heavy atom. The normalized spacial score (nSPS) is 13.5. The monoisotopic (exact) mass is 220 g/mol. The van der Waals surface area contributed by atoms with Crippen LogP contribution in [0.3, 0.4) is 0 Å². The summed E-state index contributed by atoms with van der Waals surface area (Å²) in [6, 6.07) is 1.65. The molecular weight excluding hydrogens is 204 g/mol. The van der Waals surface area contributed by atoms with Crippen molar-refractivity contribution < 1.29 is 13.2 Å². The van der Waals surface area contributed by atoms with E-state index in [1.807, 2.05) is 13.0 Å². The minimum absolute atomic E-state index is 0.0641. The predicted octanol–water partition coefficient (Wildman–Crippen LogP) is 0.244. The summed E-state index contributed by atoms with van der Waals surface area (Å²) in [4.78, 5) is 0. The summed E-state index contributed by atoms with van der Waals surface area (Å²) in [6.45, 7) is 2.00. The zero-order valence-electron chi connectivity index (χ0n) is 8.49. The van der Waals surface area contributed by atoms with Gasteiger partial charge >= 0.3 is 0 Å². The van der Waals surface area contributed by atoms with E-state index in [0.29, 0.717) is 6.42 Å². The summed E-state index contributed by atoms with van der Waals surface area (Å²) in [5.74, 6) is -0.0641. The van der Waals surface area contributed by atoms with E-state index < -0.39 is 10.0 Å². The quantitative estimate of drug-likeness (QED) is 0.666. The maximum absolute atomic E-state index is 11.3. The Bertz CT molecular complexity index is 281. The molecule has 0 aromatic carbocycles. The maximum Gasteiger partial charge on any atom is 0.214 e. The predicted molar refractivity (Wildman–Crippen MR) is 53.1 cm³/mol. The highest BCUT2D eigenvalue weighted by molar-refractivity contribution is 7.89. The summed E-state index contributed by atoms with van der Waals surface area (Å²) in [5.41, 5.74) is 0. The lowest BCUT2D eigenvalue weighted by Gasteiger charge is -2.13. The molecule has 0 saturated carbocycles. The van der Waals surface area contributed by atoms with Gasteiger partial charge in [0.25, 0.3) is 0 Å². The van der Waals surface area contributed by atoms with Crippen LogP contribution in [0, 0.1) is 11.3 Å². The van der Waals surface area contributed by atoms with Crippen LogP contribution in [0.25, 0.3) is 0 Å². The third kappa shape index (κ3) is 5.91. The molecule has 0 aliphatic carbocycles. The molecule has 0 aliphatic rings. The lowest BCUT2D eigenvalue weighted by molar-refractivity contribution is 0.216. The van der Waals surface area contributed by atoms with Crippen LogP contribution in [0.1, 0.15) is 19.8 Å². The molecule has 6 heteroatoms. The van der Waals surface area contributed by atoms with Crippen LogP contribution in [-0.2, 0) is 14.8 Å². The zero-order valence-corrected chi connectivity index (χ0v) is 9.30. The van der Waals surface area contributed by atoms with Crippen molar-refractivity contribution in [3.63, 3.8) is 0 Å². The van der Waals surface area contributed by atoms with Gasteiger partial charge in [0.15, 0.2) is 0 Å². The fraction of sp³-hybridized carbons (Fsp3) is 0.875. The number of sulfonamides is 1. The first kappa shape index (κ1) is 13.4. The molecule has 0 fully saturated rings. The molecule has 0 bridgehead atoms. The van der Waals surface area contributed by atoms with E-state index in [4.69, 9.17) is 5.26 Å². The smallest absolute Gasteiger partial charge is 0.214 e. The highest BCUT2D eigenvalue weighted by Gasteiger charge is 2.15. The van der Waals surface area contributed by atoms with E-state index in [9.17, 15) is 8.42 Å². The lowest BCUT2D eigenvalue weighted by Crippen LogP contribution is -2.36. The maximum atomic E-state index is 11.3. The van der Waals surface area contributed by atoms with E-state index in [-0.39, 0.29) is 24.8 Å². The Kier molecular flexibility index (Phi) is 6.45. The fourth-order valence-electron chi connectivity index (χ4n) is 0.885. The molecule has 1 unspecified atom stereocenters. The molecule has 0 aromatic heterocycles. The van der Waals surface area contributed by atoms with Crippen LogP contribution >= 0.6 is 0 Å². The average molecular weight is 220 g/mol. The van der Waals surface area contributed by atoms with Gasteiger partial charge in [-0.1, -0.05) is 6.92 Å². The van der Waals surface area contributed by atoms with Crippen LogP contribution < -0.4 is 4.72 Å². The summed E-state index contributed by atoms with van der Waals surface area (Å²) < 4.78 is 29.8. The van der Waals surface area contributed by atoms with Crippen molar-refractivity contribution >= 4 is 10.0 Å². The first-order chi connectivity index (χ1) is 6.55. The summed E-state index contributed by atoms with van der Waals surface area (Å²) >= 11 is 0. The Morgan fingerprint density at radius 1 is 1.57 bits per heavy atom. The van der Waals surface area contributed by atoms with Gasteiger partial charge in [0, 0.05) is 13.2 Å². The molecule has 0 amide bonds. The fourth-order valence-corrected chi connectivity index (χ4v) is 2.15. The summed E-state index contributed by atoms with van der Waals surface area (Å²) in [5, 5.41) is 8.43. The van der Waals surface area contributed by atoms with Gasteiger partial charge in [-0.3, -0.25) is 0 Å². The number of ether oxygens (including phenoxy) is 1. The van der Waals surface area contributed by atoms with Gasteiger partial charge in [-0.2, -0.15) is 5.26 Å². The van der Waals surface area contributed by atoms with Crippen molar-refractivity contribution in [3.05, 3.63) is 0 Å². The number of nitriles is 1. The van der Waals surface area contributed by atoms with Crippen molar-refractivity contribution in [2.45, 2.75) is 25.8 Å². The molecule has 5 nitrogen and oxygen atoms in total. The summed E-state index contributed by atoms with van der Waals surface area (Å²) in [7, 11) is -1.86. The second-order valence-electron chi connectivity index (χ2n) is 2.90. The van der Waals surface area contributed by atoms with Gasteiger partial charge in [0.2, 0.25) is 10.0 Å². The van der Waals surface area contributed by atoms with Crippen LogP contribution in [0.4, 0.5) is 0 Å². The number of methoxy groups -OCH3 is 1. The van der Waals surface area contributed by atoms with Gasteiger partial charge in [-0.25, -0.2) is 13.1 Å². The Balaban J connectivity index is 4.12. The number of nitrogens with zero attached hydrogens (tertiary/aromatic N) is 1. The first-order valence-corrected chi connectivity index (χ1v) is 6.06. The largest absolute Gasteiger partial charge is 0.384 e. The van der Waals surface area contributed by atoms with Crippen LogP contribution in [0.15, 0.2) is 0 Å². The highest BCUT2D eigenvalue weighted by atomic mass is 32.2. The molecule has 0 heterocycles. The van der Waals surface area contributed by atoms with Crippen molar-refractivity contribution in [1.82, 2.24) is 4.72 Å². The van der Waals surface area contributed by atoms with Gasteiger partial charge in [-0.15, -0.1) is 0 Å². The highest BCUT2D eigenvalue weighted by Crippen LogP contribution is 1.99. The van der Waals surface area contributed by atoms with Gasteiger partial charge in [0.05, 0.1) is 24.8 Å². The van der Waals surface area contributed by atoms with E-state index in [1.54, 1.807) is 0 Å². The number of nitrogens with one attached hydrogen (secondary N) is 1. The molecule has 0 radical (unpaired) electrons.